The van der Waals surface area contributed by atoms with E-state index in [1.165, 1.54) is 7.11 Å². The average molecular weight is 252 g/mol. The predicted molar refractivity (Wildman–Crippen MR) is 70.6 cm³/mol. The fourth-order valence-electron chi connectivity index (χ4n) is 1.54. The smallest absolute Gasteiger partial charge is 0.253 e. The summed E-state index contributed by atoms with van der Waals surface area (Å²) in [5.41, 5.74) is 6.53. The Hall–Kier alpha value is -1.75. The third-order valence-electron chi connectivity index (χ3n) is 2.82. The minimum Gasteiger partial charge on any atom is -0.497 e. The lowest BCUT2D eigenvalue weighted by atomic mass is 10.0. The molecule has 1 rings (SSSR count). The van der Waals surface area contributed by atoms with Crippen molar-refractivity contribution < 1.29 is 14.6 Å². The zero-order valence-corrected chi connectivity index (χ0v) is 10.9. The average Bonchev–Trinajstić information content (AvgIpc) is 2.34. The Morgan fingerprint density at radius 2 is 2.17 bits per heavy atom. The van der Waals surface area contributed by atoms with E-state index in [0.717, 1.165) is 0 Å². The van der Waals surface area contributed by atoms with E-state index >= 15 is 0 Å². The van der Waals surface area contributed by atoms with Crippen LogP contribution in [0.2, 0.25) is 0 Å². The lowest BCUT2D eigenvalue weighted by molar-refractivity contribution is 0.0897. The molecule has 1 aromatic carbocycles. The highest BCUT2D eigenvalue weighted by Crippen LogP contribution is 2.19. The molecule has 1 aromatic rings. The normalized spacial score (nSPS) is 12.3. The van der Waals surface area contributed by atoms with Crippen molar-refractivity contribution in [1.29, 1.82) is 0 Å². The number of carbonyl (C=O) groups is 1. The maximum Gasteiger partial charge on any atom is 0.253 e. The number of aliphatic hydroxyl groups is 1. The molecule has 0 saturated heterocycles. The van der Waals surface area contributed by atoms with E-state index in [-0.39, 0.29) is 24.5 Å². The molecule has 5 nitrogen and oxygen atoms in total. The van der Waals surface area contributed by atoms with Crippen molar-refractivity contribution in [2.75, 3.05) is 19.5 Å². The number of nitrogen functional groups attached to an aromatic ring is 1. The molecule has 1 atom stereocenters. The van der Waals surface area contributed by atoms with Gasteiger partial charge >= 0.3 is 0 Å². The largest absolute Gasteiger partial charge is 0.497 e. The number of anilines is 1. The van der Waals surface area contributed by atoms with Crippen molar-refractivity contribution >= 4 is 11.6 Å². The Kier molecular flexibility index (Phi) is 4.97. The van der Waals surface area contributed by atoms with Crippen LogP contribution in [0.3, 0.4) is 0 Å². The van der Waals surface area contributed by atoms with Gasteiger partial charge in [0.25, 0.3) is 5.91 Å². The van der Waals surface area contributed by atoms with Gasteiger partial charge in [0.1, 0.15) is 5.75 Å². The number of ether oxygens (including phenoxy) is 1. The number of benzene rings is 1. The van der Waals surface area contributed by atoms with Gasteiger partial charge in [-0.25, -0.2) is 0 Å². The molecule has 5 heteroatoms. The van der Waals surface area contributed by atoms with Gasteiger partial charge in [-0.1, -0.05) is 13.8 Å². The van der Waals surface area contributed by atoms with Crippen molar-refractivity contribution in [2.45, 2.75) is 19.9 Å². The van der Waals surface area contributed by atoms with Gasteiger partial charge in [-0.05, 0) is 18.1 Å². The molecular formula is C13H20N2O3. The Balaban J connectivity index is 2.84. The standard InChI is InChI=1S/C13H20N2O3/c1-8(2)12(7-16)15-13(17)10-5-4-9(18-3)6-11(10)14/h4-6,8,12,16H,7,14H2,1-3H3,(H,15,17)/t12-/m1/s1. The quantitative estimate of drug-likeness (QED) is 0.683. The fourth-order valence-corrected chi connectivity index (χ4v) is 1.54. The SMILES string of the molecule is COc1ccc(C(=O)N[C@H](CO)C(C)C)c(N)c1. The number of nitrogens with two attached hydrogens (primary N) is 1. The second-order valence-electron chi connectivity index (χ2n) is 4.46. The summed E-state index contributed by atoms with van der Waals surface area (Å²) < 4.78 is 5.02. The van der Waals surface area contributed by atoms with E-state index < -0.39 is 0 Å². The van der Waals surface area contributed by atoms with E-state index in [2.05, 4.69) is 5.32 Å². The first-order chi connectivity index (χ1) is 8.49. The summed E-state index contributed by atoms with van der Waals surface area (Å²) in [5.74, 6) is 0.466. The van der Waals surface area contributed by atoms with Crippen LogP contribution in [0, 0.1) is 5.92 Å². The van der Waals surface area contributed by atoms with E-state index in [1.54, 1.807) is 18.2 Å². The van der Waals surface area contributed by atoms with Gasteiger partial charge in [-0.3, -0.25) is 4.79 Å². The van der Waals surface area contributed by atoms with Crippen LogP contribution in [-0.2, 0) is 0 Å². The van der Waals surface area contributed by atoms with Crippen molar-refractivity contribution in [3.05, 3.63) is 23.8 Å². The van der Waals surface area contributed by atoms with E-state index in [0.29, 0.717) is 17.0 Å². The molecule has 0 aliphatic rings. The number of amides is 1. The first-order valence-electron chi connectivity index (χ1n) is 5.84. The molecule has 0 aliphatic heterocycles. The molecule has 18 heavy (non-hydrogen) atoms. The molecule has 0 radical (unpaired) electrons. The number of methoxy groups -OCH3 is 1. The molecule has 0 bridgehead atoms. The summed E-state index contributed by atoms with van der Waals surface area (Å²) in [4.78, 5) is 12.0. The maximum absolute atomic E-state index is 12.0. The third kappa shape index (κ3) is 3.37. The Labute approximate surface area is 107 Å². The number of carbonyl (C=O) groups excluding carboxylic acids is 1. The molecule has 0 fully saturated rings. The molecule has 0 spiro atoms. The minimum atomic E-state index is -0.289. The van der Waals surface area contributed by atoms with Gasteiger partial charge in [0.05, 0.1) is 25.3 Å². The van der Waals surface area contributed by atoms with Crippen LogP contribution in [0.5, 0.6) is 5.75 Å². The van der Waals surface area contributed by atoms with Gasteiger partial charge in [-0.15, -0.1) is 0 Å². The predicted octanol–water partition coefficient (Wildman–Crippen LogP) is 1.02. The van der Waals surface area contributed by atoms with Crippen molar-refractivity contribution in [1.82, 2.24) is 5.32 Å². The van der Waals surface area contributed by atoms with Crippen LogP contribution in [-0.4, -0.2) is 30.8 Å². The van der Waals surface area contributed by atoms with Gasteiger partial charge < -0.3 is 20.9 Å². The van der Waals surface area contributed by atoms with Crippen molar-refractivity contribution in [3.8, 4) is 5.75 Å². The zero-order valence-electron chi connectivity index (χ0n) is 10.9. The number of hydrogen-bond donors (Lipinski definition) is 3. The number of aliphatic hydroxyl groups excluding tert-OH is 1. The Morgan fingerprint density at radius 3 is 2.61 bits per heavy atom. The fraction of sp³-hybridized carbons (Fsp3) is 0.462. The number of nitrogens with one attached hydrogen (secondary N) is 1. The third-order valence-corrected chi connectivity index (χ3v) is 2.82. The van der Waals surface area contributed by atoms with Gasteiger partial charge in [0, 0.05) is 11.8 Å². The second kappa shape index (κ2) is 6.26. The summed E-state index contributed by atoms with van der Waals surface area (Å²) in [7, 11) is 1.54. The van der Waals surface area contributed by atoms with Crippen LogP contribution in [0.15, 0.2) is 18.2 Å². The topological polar surface area (TPSA) is 84.6 Å². The maximum atomic E-state index is 12.0. The van der Waals surface area contributed by atoms with Crippen molar-refractivity contribution in [2.24, 2.45) is 5.92 Å². The van der Waals surface area contributed by atoms with Crippen LogP contribution < -0.4 is 15.8 Å². The molecule has 1 amide bonds. The summed E-state index contributed by atoms with van der Waals surface area (Å²) in [6.45, 7) is 3.76. The molecule has 100 valence electrons. The number of hydrogen-bond acceptors (Lipinski definition) is 4. The molecule has 0 saturated carbocycles. The van der Waals surface area contributed by atoms with E-state index in [4.69, 9.17) is 10.5 Å². The van der Waals surface area contributed by atoms with Crippen LogP contribution in [0.4, 0.5) is 5.69 Å². The summed E-state index contributed by atoms with van der Waals surface area (Å²) in [6.07, 6.45) is 0. The molecule has 0 aromatic heterocycles. The molecule has 0 unspecified atom stereocenters. The second-order valence-corrected chi connectivity index (χ2v) is 4.46. The first-order valence-corrected chi connectivity index (χ1v) is 5.84. The van der Waals surface area contributed by atoms with Crippen LogP contribution in [0.1, 0.15) is 24.2 Å². The molecular weight excluding hydrogens is 232 g/mol. The van der Waals surface area contributed by atoms with Crippen LogP contribution >= 0.6 is 0 Å². The summed E-state index contributed by atoms with van der Waals surface area (Å²) >= 11 is 0. The highest BCUT2D eigenvalue weighted by molar-refractivity contribution is 5.99. The van der Waals surface area contributed by atoms with Crippen LogP contribution in [0.25, 0.3) is 0 Å². The van der Waals surface area contributed by atoms with Crippen molar-refractivity contribution in [3.63, 3.8) is 0 Å². The van der Waals surface area contributed by atoms with Gasteiger partial charge in [0.2, 0.25) is 0 Å². The monoisotopic (exact) mass is 252 g/mol. The molecule has 0 aliphatic carbocycles. The highest BCUT2D eigenvalue weighted by Gasteiger charge is 2.17. The zero-order chi connectivity index (χ0) is 13.7. The Morgan fingerprint density at radius 1 is 1.50 bits per heavy atom. The van der Waals surface area contributed by atoms with E-state index in [1.807, 2.05) is 13.8 Å². The Bertz CT molecular complexity index is 419. The summed E-state index contributed by atoms with van der Waals surface area (Å²) in [5, 5.41) is 11.9. The highest BCUT2D eigenvalue weighted by atomic mass is 16.5. The molecule has 4 N–H and O–H groups in total. The van der Waals surface area contributed by atoms with E-state index in [9.17, 15) is 9.90 Å². The lowest BCUT2D eigenvalue weighted by Gasteiger charge is -2.20. The lowest BCUT2D eigenvalue weighted by Crippen LogP contribution is -2.41. The van der Waals surface area contributed by atoms with Gasteiger partial charge in [-0.2, -0.15) is 0 Å². The number of rotatable bonds is 5. The molecule has 0 heterocycles. The van der Waals surface area contributed by atoms with Gasteiger partial charge in [0.15, 0.2) is 0 Å². The minimum absolute atomic E-state index is 0.0978. The summed E-state index contributed by atoms with van der Waals surface area (Å²) in [6, 6.07) is 4.60. The first kappa shape index (κ1) is 14.3.